The molecule has 0 radical (unpaired) electrons. The average molecular weight is 382 g/mol. The first-order valence-electron chi connectivity index (χ1n) is 9.63. The summed E-state index contributed by atoms with van der Waals surface area (Å²) in [5, 5.41) is 11.8. The third kappa shape index (κ3) is 6.09. The van der Waals surface area contributed by atoms with E-state index in [1.807, 2.05) is 47.4 Å². The van der Waals surface area contributed by atoms with Crippen LogP contribution in [0.4, 0.5) is 0 Å². The molecule has 2 aromatic carbocycles. The summed E-state index contributed by atoms with van der Waals surface area (Å²) in [5.74, 6) is -0.154. The highest BCUT2D eigenvalue weighted by atomic mass is 16.5. The molecule has 1 amide bonds. The zero-order valence-corrected chi connectivity index (χ0v) is 15.8. The van der Waals surface area contributed by atoms with Gasteiger partial charge in [0, 0.05) is 25.2 Å². The normalized spacial score (nSPS) is 15.1. The minimum absolute atomic E-state index is 0.0793. The van der Waals surface area contributed by atoms with Gasteiger partial charge in [0.15, 0.2) is 0 Å². The minimum Gasteiger partial charge on any atom is -0.490 e. The first-order valence-corrected chi connectivity index (χ1v) is 9.63. The number of aliphatic carboxylic acids is 1. The Morgan fingerprint density at radius 1 is 1.04 bits per heavy atom. The molecule has 1 fully saturated rings. The molecule has 0 aromatic heterocycles. The fraction of sp³-hybridized carbons (Fsp3) is 0.364. The van der Waals surface area contributed by atoms with Crippen LogP contribution in [0.15, 0.2) is 54.6 Å². The summed E-state index contributed by atoms with van der Waals surface area (Å²) in [6, 6.07) is 17.2. The van der Waals surface area contributed by atoms with E-state index in [0.29, 0.717) is 12.1 Å². The molecule has 0 unspecified atom stereocenters. The number of nitrogens with one attached hydrogen (secondary N) is 1. The van der Waals surface area contributed by atoms with Gasteiger partial charge in [0.05, 0.1) is 6.54 Å². The predicted molar refractivity (Wildman–Crippen MR) is 107 cm³/mol. The van der Waals surface area contributed by atoms with Gasteiger partial charge in [-0.05, 0) is 49.1 Å². The molecule has 1 saturated heterocycles. The second-order valence-corrected chi connectivity index (χ2v) is 7.00. The smallest absolute Gasteiger partial charge is 0.317 e. The highest BCUT2D eigenvalue weighted by molar-refractivity contribution is 5.94. The number of likely N-dealkylation sites (tertiary alicyclic amines) is 1. The summed E-state index contributed by atoms with van der Waals surface area (Å²) < 4.78 is 5.98. The van der Waals surface area contributed by atoms with Crippen molar-refractivity contribution in [1.29, 1.82) is 0 Å². The molecule has 0 atom stereocenters. The SMILES string of the molecule is O=C(O)CN1CCC(Oc2ccc(C(=O)NCCc3ccccc3)cc2)CC1. The highest BCUT2D eigenvalue weighted by Gasteiger charge is 2.21. The number of ether oxygens (including phenoxy) is 1. The van der Waals surface area contributed by atoms with E-state index in [9.17, 15) is 9.59 Å². The summed E-state index contributed by atoms with van der Waals surface area (Å²) in [6.45, 7) is 2.12. The maximum absolute atomic E-state index is 12.3. The molecule has 1 heterocycles. The van der Waals surface area contributed by atoms with Crippen LogP contribution in [0.1, 0.15) is 28.8 Å². The van der Waals surface area contributed by atoms with E-state index in [-0.39, 0.29) is 18.6 Å². The van der Waals surface area contributed by atoms with Crippen molar-refractivity contribution < 1.29 is 19.4 Å². The van der Waals surface area contributed by atoms with Gasteiger partial charge in [-0.15, -0.1) is 0 Å². The van der Waals surface area contributed by atoms with Gasteiger partial charge in [-0.2, -0.15) is 0 Å². The predicted octanol–water partition coefficient (Wildman–Crippen LogP) is 2.59. The van der Waals surface area contributed by atoms with Crippen molar-refractivity contribution in [2.45, 2.75) is 25.4 Å². The zero-order chi connectivity index (χ0) is 19.8. The number of carbonyl (C=O) groups excluding carboxylic acids is 1. The maximum Gasteiger partial charge on any atom is 0.317 e. The first-order chi connectivity index (χ1) is 13.6. The van der Waals surface area contributed by atoms with Crippen LogP contribution in [-0.4, -0.2) is 54.2 Å². The lowest BCUT2D eigenvalue weighted by molar-refractivity contribution is -0.138. The summed E-state index contributed by atoms with van der Waals surface area (Å²) >= 11 is 0. The van der Waals surface area contributed by atoms with Gasteiger partial charge in [0.1, 0.15) is 11.9 Å². The van der Waals surface area contributed by atoms with Crippen LogP contribution >= 0.6 is 0 Å². The molecular weight excluding hydrogens is 356 g/mol. The molecule has 28 heavy (non-hydrogen) atoms. The molecule has 0 saturated carbocycles. The van der Waals surface area contributed by atoms with Crippen LogP contribution in [-0.2, 0) is 11.2 Å². The first kappa shape index (κ1) is 19.9. The Bertz CT molecular complexity index is 769. The monoisotopic (exact) mass is 382 g/mol. The van der Waals surface area contributed by atoms with Crippen LogP contribution in [0, 0.1) is 0 Å². The van der Waals surface area contributed by atoms with E-state index in [0.717, 1.165) is 38.1 Å². The molecule has 0 aliphatic carbocycles. The molecule has 3 rings (SSSR count). The Morgan fingerprint density at radius 2 is 1.71 bits per heavy atom. The van der Waals surface area contributed by atoms with Crippen molar-refractivity contribution in [2.75, 3.05) is 26.2 Å². The molecule has 1 aliphatic heterocycles. The highest BCUT2D eigenvalue weighted by Crippen LogP contribution is 2.19. The Morgan fingerprint density at radius 3 is 2.36 bits per heavy atom. The van der Waals surface area contributed by atoms with Gasteiger partial charge in [0.2, 0.25) is 0 Å². The quantitative estimate of drug-likeness (QED) is 0.734. The van der Waals surface area contributed by atoms with Gasteiger partial charge >= 0.3 is 5.97 Å². The fourth-order valence-corrected chi connectivity index (χ4v) is 3.32. The van der Waals surface area contributed by atoms with Crippen molar-refractivity contribution in [3.05, 3.63) is 65.7 Å². The number of piperidine rings is 1. The number of carbonyl (C=O) groups is 2. The summed E-state index contributed by atoms with van der Waals surface area (Å²) in [4.78, 5) is 24.9. The van der Waals surface area contributed by atoms with Crippen molar-refractivity contribution in [1.82, 2.24) is 10.2 Å². The summed E-state index contributed by atoms with van der Waals surface area (Å²) in [5.41, 5.74) is 1.80. The van der Waals surface area contributed by atoms with E-state index in [1.54, 1.807) is 12.1 Å². The molecule has 0 bridgehead atoms. The molecule has 2 aromatic rings. The Labute approximate surface area is 165 Å². The zero-order valence-electron chi connectivity index (χ0n) is 15.8. The van der Waals surface area contributed by atoms with E-state index < -0.39 is 5.97 Å². The molecule has 6 nitrogen and oxygen atoms in total. The molecule has 6 heteroatoms. The third-order valence-electron chi connectivity index (χ3n) is 4.85. The average Bonchev–Trinajstić information content (AvgIpc) is 2.70. The van der Waals surface area contributed by atoms with Gasteiger partial charge in [-0.25, -0.2) is 0 Å². The number of benzene rings is 2. The Hall–Kier alpha value is -2.86. The number of carboxylic acids is 1. The minimum atomic E-state index is -0.794. The molecule has 148 valence electrons. The third-order valence-corrected chi connectivity index (χ3v) is 4.85. The van der Waals surface area contributed by atoms with Crippen LogP contribution in [0.3, 0.4) is 0 Å². The van der Waals surface area contributed by atoms with E-state index in [1.165, 1.54) is 5.56 Å². The van der Waals surface area contributed by atoms with Gasteiger partial charge < -0.3 is 15.2 Å². The summed E-state index contributed by atoms with van der Waals surface area (Å²) in [7, 11) is 0. The van der Waals surface area contributed by atoms with E-state index >= 15 is 0 Å². The van der Waals surface area contributed by atoms with Crippen LogP contribution in [0.5, 0.6) is 5.75 Å². The second-order valence-electron chi connectivity index (χ2n) is 7.00. The van der Waals surface area contributed by atoms with E-state index in [2.05, 4.69) is 5.32 Å². The van der Waals surface area contributed by atoms with Gasteiger partial charge in [-0.1, -0.05) is 30.3 Å². The number of hydrogen-bond donors (Lipinski definition) is 2. The summed E-state index contributed by atoms with van der Waals surface area (Å²) in [6.07, 6.45) is 2.48. The molecule has 0 spiro atoms. The number of hydrogen-bond acceptors (Lipinski definition) is 4. The molecular formula is C22H26N2O4. The number of nitrogens with zero attached hydrogens (tertiary/aromatic N) is 1. The number of carboxylic acid groups (broad SMARTS) is 1. The van der Waals surface area contributed by atoms with Crippen LogP contribution < -0.4 is 10.1 Å². The van der Waals surface area contributed by atoms with Crippen LogP contribution in [0.2, 0.25) is 0 Å². The largest absolute Gasteiger partial charge is 0.490 e. The van der Waals surface area contributed by atoms with Gasteiger partial charge in [-0.3, -0.25) is 14.5 Å². The van der Waals surface area contributed by atoms with E-state index in [4.69, 9.17) is 9.84 Å². The number of amides is 1. The van der Waals surface area contributed by atoms with Gasteiger partial charge in [0.25, 0.3) is 5.91 Å². The Kier molecular flexibility index (Phi) is 7.03. The maximum atomic E-state index is 12.3. The standard InChI is InChI=1S/C22H26N2O4/c25-21(26)16-24-14-11-20(12-15-24)28-19-8-6-18(7-9-19)22(27)23-13-10-17-4-2-1-3-5-17/h1-9,20H,10-16H2,(H,23,27)(H,25,26). The van der Waals surface area contributed by atoms with Crippen molar-refractivity contribution in [3.63, 3.8) is 0 Å². The number of rotatable bonds is 8. The van der Waals surface area contributed by atoms with Crippen LogP contribution in [0.25, 0.3) is 0 Å². The van der Waals surface area contributed by atoms with Crippen molar-refractivity contribution in [2.24, 2.45) is 0 Å². The Balaban J connectivity index is 1.42. The molecule has 1 aliphatic rings. The lowest BCUT2D eigenvalue weighted by Gasteiger charge is -2.31. The van der Waals surface area contributed by atoms with Crippen molar-refractivity contribution >= 4 is 11.9 Å². The lowest BCUT2D eigenvalue weighted by Crippen LogP contribution is -2.40. The second kappa shape index (κ2) is 9.90. The molecule has 2 N–H and O–H groups in total. The topological polar surface area (TPSA) is 78.9 Å². The van der Waals surface area contributed by atoms with Crippen molar-refractivity contribution in [3.8, 4) is 5.75 Å². The fourth-order valence-electron chi connectivity index (χ4n) is 3.32. The lowest BCUT2D eigenvalue weighted by atomic mass is 10.1.